The number of likely N-dealkylation sites (tertiary alicyclic amines) is 1. The Hall–Kier alpha value is -1.42. The number of para-hydroxylation sites is 1. The maximum Gasteiger partial charge on any atom is 0.113 e. The van der Waals surface area contributed by atoms with Gasteiger partial charge in [0, 0.05) is 13.1 Å². The second-order valence-corrected chi connectivity index (χ2v) is 5.10. The van der Waals surface area contributed by atoms with Crippen LogP contribution in [0.3, 0.4) is 0 Å². The van der Waals surface area contributed by atoms with E-state index in [2.05, 4.69) is 39.0 Å². The van der Waals surface area contributed by atoms with Crippen LogP contribution in [0.25, 0.3) is 11.0 Å². The van der Waals surface area contributed by atoms with Crippen molar-refractivity contribution in [3.63, 3.8) is 0 Å². The summed E-state index contributed by atoms with van der Waals surface area (Å²) in [5.41, 5.74) is 2.18. The van der Waals surface area contributed by atoms with Gasteiger partial charge in [-0.05, 0) is 37.9 Å². The van der Waals surface area contributed by atoms with E-state index in [0.29, 0.717) is 6.04 Å². The van der Waals surface area contributed by atoms with Crippen molar-refractivity contribution < 1.29 is 0 Å². The first kappa shape index (κ1) is 11.7. The highest BCUT2D eigenvalue weighted by Crippen LogP contribution is 2.25. The monoisotopic (exact) mass is 244 g/mol. The van der Waals surface area contributed by atoms with E-state index in [4.69, 9.17) is 0 Å². The summed E-state index contributed by atoms with van der Waals surface area (Å²) < 4.78 is 2.12. The number of hydrogen-bond donors (Lipinski definition) is 0. The summed E-state index contributed by atoms with van der Waals surface area (Å²) in [6.45, 7) is 5.85. The molecule has 3 rings (SSSR count). The van der Waals surface area contributed by atoms with Crippen LogP contribution in [-0.2, 0) is 0 Å². The standard InChI is InChI=1S/C14H20N4/c1-2-9-17-10-7-12(8-11-17)18-14-6-4-3-5-13(14)15-16-18/h3-6,12H,2,7-11H2,1H3. The van der Waals surface area contributed by atoms with Crippen molar-refractivity contribution in [1.29, 1.82) is 0 Å². The highest BCUT2D eigenvalue weighted by molar-refractivity contribution is 5.73. The topological polar surface area (TPSA) is 34.0 Å². The van der Waals surface area contributed by atoms with Crippen molar-refractivity contribution in [1.82, 2.24) is 19.9 Å². The summed E-state index contributed by atoms with van der Waals surface area (Å²) in [4.78, 5) is 2.55. The third kappa shape index (κ3) is 2.12. The van der Waals surface area contributed by atoms with Gasteiger partial charge in [-0.3, -0.25) is 0 Å². The molecule has 0 spiro atoms. The average Bonchev–Trinajstić information content (AvgIpc) is 2.84. The van der Waals surface area contributed by atoms with Crippen LogP contribution in [0, 0.1) is 0 Å². The second-order valence-electron chi connectivity index (χ2n) is 5.10. The molecule has 0 N–H and O–H groups in total. The molecular formula is C14H20N4. The zero-order chi connectivity index (χ0) is 12.4. The van der Waals surface area contributed by atoms with Gasteiger partial charge in [-0.2, -0.15) is 0 Å². The van der Waals surface area contributed by atoms with Gasteiger partial charge in [-0.25, -0.2) is 4.68 Å². The van der Waals surface area contributed by atoms with Crippen molar-refractivity contribution in [3.05, 3.63) is 24.3 Å². The molecule has 2 heterocycles. The number of aromatic nitrogens is 3. The van der Waals surface area contributed by atoms with Crippen LogP contribution in [0.1, 0.15) is 32.2 Å². The molecular weight excluding hydrogens is 224 g/mol. The number of hydrogen-bond acceptors (Lipinski definition) is 3. The summed E-state index contributed by atoms with van der Waals surface area (Å²) >= 11 is 0. The van der Waals surface area contributed by atoms with Gasteiger partial charge in [-0.15, -0.1) is 5.10 Å². The number of benzene rings is 1. The Kier molecular flexibility index (Phi) is 3.28. The van der Waals surface area contributed by atoms with E-state index >= 15 is 0 Å². The fourth-order valence-corrected chi connectivity index (χ4v) is 2.86. The molecule has 2 aromatic rings. The Bertz CT molecular complexity index is 511. The Balaban J connectivity index is 1.76. The fraction of sp³-hybridized carbons (Fsp3) is 0.571. The van der Waals surface area contributed by atoms with E-state index in [1.54, 1.807) is 0 Å². The van der Waals surface area contributed by atoms with Gasteiger partial charge in [-0.1, -0.05) is 24.3 Å². The van der Waals surface area contributed by atoms with Crippen molar-refractivity contribution in [3.8, 4) is 0 Å². The van der Waals surface area contributed by atoms with Crippen LogP contribution in [0.15, 0.2) is 24.3 Å². The first-order valence-corrected chi connectivity index (χ1v) is 6.91. The largest absolute Gasteiger partial charge is 0.303 e. The van der Waals surface area contributed by atoms with E-state index in [9.17, 15) is 0 Å². The van der Waals surface area contributed by atoms with Crippen molar-refractivity contribution >= 4 is 11.0 Å². The van der Waals surface area contributed by atoms with Crippen LogP contribution in [0.2, 0.25) is 0 Å². The predicted octanol–water partition coefficient (Wildman–Crippen LogP) is 2.48. The third-order valence-corrected chi connectivity index (χ3v) is 3.82. The minimum atomic E-state index is 0.519. The van der Waals surface area contributed by atoms with Gasteiger partial charge in [0.25, 0.3) is 0 Å². The Morgan fingerprint density at radius 1 is 1.22 bits per heavy atom. The molecule has 1 aliphatic rings. The molecule has 0 unspecified atom stereocenters. The van der Waals surface area contributed by atoms with Crippen LogP contribution in [-0.4, -0.2) is 39.5 Å². The zero-order valence-corrected chi connectivity index (χ0v) is 10.9. The zero-order valence-electron chi connectivity index (χ0n) is 10.9. The normalized spacial score (nSPS) is 18.5. The molecule has 1 aromatic heterocycles. The van der Waals surface area contributed by atoms with Crippen molar-refractivity contribution in [2.45, 2.75) is 32.2 Å². The third-order valence-electron chi connectivity index (χ3n) is 3.82. The van der Waals surface area contributed by atoms with E-state index < -0.39 is 0 Å². The van der Waals surface area contributed by atoms with Crippen LogP contribution < -0.4 is 0 Å². The van der Waals surface area contributed by atoms with Gasteiger partial charge in [0.2, 0.25) is 0 Å². The molecule has 1 fully saturated rings. The number of piperidine rings is 1. The van der Waals surface area contributed by atoms with Gasteiger partial charge >= 0.3 is 0 Å². The molecule has 1 aliphatic heterocycles. The number of nitrogens with zero attached hydrogens (tertiary/aromatic N) is 4. The highest BCUT2D eigenvalue weighted by atomic mass is 15.4. The van der Waals surface area contributed by atoms with E-state index in [1.165, 1.54) is 44.4 Å². The summed E-state index contributed by atoms with van der Waals surface area (Å²) in [5, 5.41) is 8.59. The Morgan fingerprint density at radius 3 is 2.78 bits per heavy atom. The highest BCUT2D eigenvalue weighted by Gasteiger charge is 2.22. The molecule has 96 valence electrons. The summed E-state index contributed by atoms with van der Waals surface area (Å²) in [5.74, 6) is 0. The van der Waals surface area contributed by atoms with Crippen molar-refractivity contribution in [2.75, 3.05) is 19.6 Å². The SMILES string of the molecule is CCCN1CCC(n2nnc3ccccc32)CC1. The number of fused-ring (bicyclic) bond motifs is 1. The van der Waals surface area contributed by atoms with Gasteiger partial charge in [0.1, 0.15) is 5.52 Å². The smallest absolute Gasteiger partial charge is 0.113 e. The lowest BCUT2D eigenvalue weighted by Crippen LogP contribution is -2.35. The molecule has 4 nitrogen and oxygen atoms in total. The maximum absolute atomic E-state index is 4.34. The predicted molar refractivity (Wildman–Crippen MR) is 72.5 cm³/mol. The molecule has 0 radical (unpaired) electrons. The first-order chi connectivity index (χ1) is 8.88. The van der Waals surface area contributed by atoms with Gasteiger partial charge in [0.15, 0.2) is 0 Å². The van der Waals surface area contributed by atoms with Crippen molar-refractivity contribution in [2.24, 2.45) is 0 Å². The second kappa shape index (κ2) is 5.06. The van der Waals surface area contributed by atoms with Gasteiger partial charge < -0.3 is 4.90 Å². The van der Waals surface area contributed by atoms with Crippen LogP contribution in [0.5, 0.6) is 0 Å². The molecule has 0 bridgehead atoms. The summed E-state index contributed by atoms with van der Waals surface area (Å²) in [6.07, 6.45) is 3.62. The summed E-state index contributed by atoms with van der Waals surface area (Å²) in [6, 6.07) is 8.75. The minimum Gasteiger partial charge on any atom is -0.303 e. The molecule has 0 saturated carbocycles. The van der Waals surface area contributed by atoms with E-state index in [-0.39, 0.29) is 0 Å². The molecule has 0 aliphatic carbocycles. The quantitative estimate of drug-likeness (QED) is 0.831. The lowest BCUT2D eigenvalue weighted by molar-refractivity contribution is 0.181. The lowest BCUT2D eigenvalue weighted by atomic mass is 10.0. The van der Waals surface area contributed by atoms with Crippen LogP contribution in [0.4, 0.5) is 0 Å². The molecule has 1 saturated heterocycles. The molecule has 0 atom stereocenters. The average molecular weight is 244 g/mol. The molecule has 1 aromatic carbocycles. The number of rotatable bonds is 3. The maximum atomic E-state index is 4.34. The summed E-state index contributed by atoms with van der Waals surface area (Å²) in [7, 11) is 0. The molecule has 4 heteroatoms. The first-order valence-electron chi connectivity index (χ1n) is 6.91. The Morgan fingerprint density at radius 2 is 2.00 bits per heavy atom. The molecule has 0 amide bonds. The Labute approximate surface area is 108 Å². The van der Waals surface area contributed by atoms with E-state index in [0.717, 1.165) is 5.52 Å². The lowest BCUT2D eigenvalue weighted by Gasteiger charge is -2.31. The fourth-order valence-electron chi connectivity index (χ4n) is 2.86. The van der Waals surface area contributed by atoms with Crippen LogP contribution >= 0.6 is 0 Å². The molecule has 18 heavy (non-hydrogen) atoms. The minimum absolute atomic E-state index is 0.519. The van der Waals surface area contributed by atoms with E-state index in [1.807, 2.05) is 12.1 Å². The van der Waals surface area contributed by atoms with Gasteiger partial charge in [0.05, 0.1) is 11.6 Å².